The molecule has 0 unspecified atom stereocenters. The van der Waals surface area contributed by atoms with Crippen molar-refractivity contribution >= 4 is 29.1 Å². The van der Waals surface area contributed by atoms with Crippen LogP contribution < -0.4 is 5.32 Å². The molecule has 3 rings (SSSR count). The Labute approximate surface area is 182 Å². The summed E-state index contributed by atoms with van der Waals surface area (Å²) in [6.07, 6.45) is 0. The maximum Gasteiger partial charge on any atom is 0.257 e. The second-order valence-electron chi connectivity index (χ2n) is 7.13. The number of aromatic nitrogens is 1. The minimum absolute atomic E-state index is 0.0605. The molecule has 0 atom stereocenters. The summed E-state index contributed by atoms with van der Waals surface area (Å²) in [6, 6.07) is 16.4. The summed E-state index contributed by atoms with van der Waals surface area (Å²) >= 11 is 6.33. The lowest BCUT2D eigenvalue weighted by Gasteiger charge is -2.19. The van der Waals surface area contributed by atoms with Crippen LogP contribution in [-0.2, 0) is 0 Å². The van der Waals surface area contributed by atoms with Crippen LogP contribution in [0.4, 0.5) is 5.69 Å². The van der Waals surface area contributed by atoms with Crippen molar-refractivity contribution in [1.29, 1.82) is 0 Å². The van der Waals surface area contributed by atoms with Crippen molar-refractivity contribution in [1.82, 2.24) is 9.47 Å². The number of hydrogen-bond acceptors (Lipinski definition) is 2. The zero-order valence-electron chi connectivity index (χ0n) is 17.7. The summed E-state index contributed by atoms with van der Waals surface area (Å²) < 4.78 is 2.07. The van der Waals surface area contributed by atoms with E-state index in [2.05, 4.69) is 9.88 Å². The fraction of sp³-hybridized carbons (Fsp3) is 0.250. The summed E-state index contributed by atoms with van der Waals surface area (Å²) in [6.45, 7) is 9.17. The zero-order chi connectivity index (χ0) is 21.8. The van der Waals surface area contributed by atoms with E-state index in [1.807, 2.05) is 45.9 Å². The molecule has 0 aliphatic rings. The fourth-order valence-corrected chi connectivity index (χ4v) is 3.73. The van der Waals surface area contributed by atoms with Crippen LogP contribution in [0.1, 0.15) is 46.0 Å². The summed E-state index contributed by atoms with van der Waals surface area (Å²) in [5.74, 6) is -0.383. The molecule has 0 bridgehead atoms. The van der Waals surface area contributed by atoms with Crippen LogP contribution in [0.3, 0.4) is 0 Å². The quantitative estimate of drug-likeness (QED) is 0.570. The van der Waals surface area contributed by atoms with Crippen molar-refractivity contribution < 1.29 is 9.59 Å². The monoisotopic (exact) mass is 423 g/mol. The Balaban J connectivity index is 1.87. The Morgan fingerprint density at radius 3 is 2.27 bits per heavy atom. The molecule has 6 heteroatoms. The summed E-state index contributed by atoms with van der Waals surface area (Å²) in [5, 5.41) is 3.24. The largest absolute Gasteiger partial charge is 0.339 e. The summed E-state index contributed by atoms with van der Waals surface area (Å²) in [5.41, 5.74) is 4.48. The van der Waals surface area contributed by atoms with Gasteiger partial charge in [0.05, 0.1) is 10.6 Å². The number of benzene rings is 2. The predicted molar refractivity (Wildman–Crippen MR) is 122 cm³/mol. The highest BCUT2D eigenvalue weighted by Crippen LogP contribution is 2.24. The molecule has 0 spiro atoms. The first kappa shape index (κ1) is 21.7. The number of carbonyl (C=O) groups excluding carboxylic acids is 2. The molecular formula is C24H26ClN3O2. The maximum absolute atomic E-state index is 13.0. The average Bonchev–Trinajstić information content (AvgIpc) is 3.07. The van der Waals surface area contributed by atoms with Crippen LogP contribution >= 0.6 is 11.6 Å². The molecule has 3 aromatic rings. The molecule has 2 amide bonds. The van der Waals surface area contributed by atoms with E-state index in [1.165, 1.54) is 0 Å². The minimum atomic E-state index is -0.322. The van der Waals surface area contributed by atoms with Crippen LogP contribution in [0, 0.1) is 13.8 Å². The maximum atomic E-state index is 13.0. The van der Waals surface area contributed by atoms with Crippen LogP contribution in [0.15, 0.2) is 54.6 Å². The molecule has 30 heavy (non-hydrogen) atoms. The molecule has 156 valence electrons. The Morgan fingerprint density at radius 2 is 1.63 bits per heavy atom. The first-order chi connectivity index (χ1) is 14.3. The number of aryl methyl sites for hydroxylation is 2. The van der Waals surface area contributed by atoms with Gasteiger partial charge in [0.1, 0.15) is 0 Å². The molecule has 1 N–H and O–H groups in total. The second-order valence-corrected chi connectivity index (χ2v) is 7.54. The molecule has 0 saturated heterocycles. The van der Waals surface area contributed by atoms with Gasteiger partial charge in [0.2, 0.25) is 0 Å². The number of rotatable bonds is 6. The van der Waals surface area contributed by atoms with Crippen LogP contribution in [0.25, 0.3) is 5.69 Å². The van der Waals surface area contributed by atoms with E-state index in [9.17, 15) is 9.59 Å². The van der Waals surface area contributed by atoms with Gasteiger partial charge in [-0.15, -0.1) is 0 Å². The van der Waals surface area contributed by atoms with Gasteiger partial charge in [-0.2, -0.15) is 0 Å². The Hall–Kier alpha value is -3.05. The van der Waals surface area contributed by atoms with E-state index in [4.69, 9.17) is 11.6 Å². The first-order valence-corrected chi connectivity index (χ1v) is 10.4. The van der Waals surface area contributed by atoms with Gasteiger partial charge in [0, 0.05) is 41.4 Å². The van der Waals surface area contributed by atoms with E-state index in [1.54, 1.807) is 41.3 Å². The van der Waals surface area contributed by atoms with Gasteiger partial charge in [0.15, 0.2) is 0 Å². The van der Waals surface area contributed by atoms with E-state index < -0.39 is 0 Å². The predicted octanol–water partition coefficient (Wildman–Crippen LogP) is 5.48. The highest BCUT2D eigenvalue weighted by molar-refractivity contribution is 6.34. The summed E-state index contributed by atoms with van der Waals surface area (Å²) in [7, 11) is 0. The Morgan fingerprint density at radius 1 is 0.967 bits per heavy atom. The van der Waals surface area contributed by atoms with Gasteiger partial charge < -0.3 is 14.8 Å². The molecule has 0 aliphatic carbocycles. The van der Waals surface area contributed by atoms with Gasteiger partial charge in [-0.3, -0.25) is 9.59 Å². The highest BCUT2D eigenvalue weighted by atomic mass is 35.5. The highest BCUT2D eigenvalue weighted by Gasteiger charge is 2.16. The minimum Gasteiger partial charge on any atom is -0.339 e. The van der Waals surface area contributed by atoms with Crippen molar-refractivity contribution in [2.75, 3.05) is 18.4 Å². The van der Waals surface area contributed by atoms with Crippen LogP contribution in [0.2, 0.25) is 5.02 Å². The number of nitrogens with zero attached hydrogens (tertiary/aromatic N) is 2. The first-order valence-electron chi connectivity index (χ1n) is 10.0. The van der Waals surface area contributed by atoms with Crippen molar-refractivity contribution in [3.8, 4) is 5.69 Å². The number of halogens is 1. The van der Waals surface area contributed by atoms with Crippen molar-refractivity contribution in [2.45, 2.75) is 27.7 Å². The number of amides is 2. The normalized spacial score (nSPS) is 10.7. The SMILES string of the molecule is CCN(CC)C(=O)c1cccc(NC(=O)c2cc(-n3c(C)ccc3C)ccc2Cl)c1. The molecule has 1 heterocycles. The number of carbonyl (C=O) groups is 2. The van der Waals surface area contributed by atoms with Crippen LogP contribution in [0.5, 0.6) is 0 Å². The molecule has 0 aliphatic heterocycles. The van der Waals surface area contributed by atoms with Crippen molar-refractivity contribution in [2.24, 2.45) is 0 Å². The smallest absolute Gasteiger partial charge is 0.257 e. The molecule has 5 nitrogen and oxygen atoms in total. The number of anilines is 1. The number of nitrogens with one attached hydrogen (secondary N) is 1. The second kappa shape index (κ2) is 9.18. The van der Waals surface area contributed by atoms with E-state index in [0.717, 1.165) is 17.1 Å². The lowest BCUT2D eigenvalue weighted by atomic mass is 10.1. The Bertz CT molecular complexity index is 1060. The molecule has 1 aromatic heterocycles. The third-order valence-electron chi connectivity index (χ3n) is 5.14. The molecular weight excluding hydrogens is 398 g/mol. The van der Waals surface area contributed by atoms with Gasteiger partial charge >= 0.3 is 0 Å². The topological polar surface area (TPSA) is 54.3 Å². The number of hydrogen-bond donors (Lipinski definition) is 1. The van der Waals surface area contributed by atoms with Gasteiger partial charge in [-0.25, -0.2) is 0 Å². The van der Waals surface area contributed by atoms with Gasteiger partial charge in [-0.05, 0) is 76.2 Å². The van der Waals surface area contributed by atoms with Crippen molar-refractivity contribution in [3.63, 3.8) is 0 Å². The third kappa shape index (κ3) is 4.41. The van der Waals surface area contributed by atoms with Crippen LogP contribution in [-0.4, -0.2) is 34.4 Å². The molecule has 0 radical (unpaired) electrons. The van der Waals surface area contributed by atoms with Crippen molar-refractivity contribution in [3.05, 3.63) is 82.1 Å². The van der Waals surface area contributed by atoms with E-state index in [-0.39, 0.29) is 11.8 Å². The molecule has 0 fully saturated rings. The molecule has 2 aromatic carbocycles. The van der Waals surface area contributed by atoms with Gasteiger partial charge in [0.25, 0.3) is 11.8 Å². The average molecular weight is 424 g/mol. The molecule has 0 saturated carbocycles. The Kier molecular flexibility index (Phi) is 6.63. The van der Waals surface area contributed by atoms with E-state index >= 15 is 0 Å². The third-order valence-corrected chi connectivity index (χ3v) is 5.47. The fourth-order valence-electron chi connectivity index (χ4n) is 3.52. The van der Waals surface area contributed by atoms with E-state index in [0.29, 0.717) is 34.9 Å². The lowest BCUT2D eigenvalue weighted by Crippen LogP contribution is -2.30. The summed E-state index contributed by atoms with van der Waals surface area (Å²) in [4.78, 5) is 27.3. The zero-order valence-corrected chi connectivity index (χ0v) is 18.5. The standard InChI is InChI=1S/C24H26ClN3O2/c1-5-27(6-2)24(30)18-8-7-9-19(14-18)26-23(29)21-15-20(12-13-22(21)25)28-16(3)10-11-17(28)4/h7-15H,5-6H2,1-4H3,(H,26,29). The lowest BCUT2D eigenvalue weighted by molar-refractivity contribution is 0.0772. The van der Waals surface area contributed by atoms with Gasteiger partial charge in [-0.1, -0.05) is 17.7 Å².